The van der Waals surface area contributed by atoms with E-state index in [1.807, 2.05) is 0 Å². The molecule has 0 aromatic heterocycles. The van der Waals surface area contributed by atoms with Crippen LogP contribution >= 0.6 is 0 Å². The number of ether oxygens (including phenoxy) is 3. The van der Waals surface area contributed by atoms with E-state index in [0.717, 1.165) is 116 Å². The first-order valence-electron chi connectivity index (χ1n) is 32.6. The predicted molar refractivity (Wildman–Crippen MR) is 330 cm³/mol. The van der Waals surface area contributed by atoms with Crippen LogP contribution in [0.5, 0.6) is 0 Å². The third-order valence-corrected chi connectivity index (χ3v) is 14.1. The normalized spacial score (nSPS) is 12.6. The maximum atomic E-state index is 12.9. The summed E-state index contributed by atoms with van der Waals surface area (Å²) in [6.07, 6.45) is 84.6. The van der Waals surface area contributed by atoms with Gasteiger partial charge in [0.05, 0.1) is 0 Å². The van der Waals surface area contributed by atoms with Crippen LogP contribution < -0.4 is 0 Å². The lowest BCUT2D eigenvalue weighted by Gasteiger charge is -2.18. The lowest BCUT2D eigenvalue weighted by Crippen LogP contribution is -2.30. The molecular weight excluding hydrogens is 937 g/mol. The van der Waals surface area contributed by atoms with Gasteiger partial charge in [0.2, 0.25) is 0 Å². The molecule has 0 saturated heterocycles. The van der Waals surface area contributed by atoms with Gasteiger partial charge in [0.15, 0.2) is 6.10 Å². The Hall–Kier alpha value is -3.41. The van der Waals surface area contributed by atoms with Crippen molar-refractivity contribution >= 4 is 17.9 Å². The Morgan fingerprint density at radius 1 is 0.276 bits per heavy atom. The van der Waals surface area contributed by atoms with Gasteiger partial charge in [-0.3, -0.25) is 14.4 Å². The molecule has 0 fully saturated rings. The number of carbonyl (C=O) groups is 3. The number of rotatable bonds is 59. The van der Waals surface area contributed by atoms with Crippen molar-refractivity contribution in [1.82, 2.24) is 0 Å². The molecule has 6 nitrogen and oxygen atoms in total. The molecule has 0 N–H and O–H groups in total. The van der Waals surface area contributed by atoms with E-state index in [4.69, 9.17) is 14.2 Å². The molecule has 76 heavy (non-hydrogen) atoms. The van der Waals surface area contributed by atoms with Crippen molar-refractivity contribution in [3.05, 3.63) is 85.1 Å². The highest BCUT2D eigenvalue weighted by Gasteiger charge is 2.19. The number of hydrogen-bond acceptors (Lipinski definition) is 6. The Morgan fingerprint density at radius 3 is 0.868 bits per heavy atom. The lowest BCUT2D eigenvalue weighted by atomic mass is 10.0. The highest BCUT2D eigenvalue weighted by Crippen LogP contribution is 2.17. The molecule has 0 amide bonds. The first kappa shape index (κ1) is 72.6. The van der Waals surface area contributed by atoms with Crippen molar-refractivity contribution in [2.75, 3.05) is 13.2 Å². The second-order valence-electron chi connectivity index (χ2n) is 21.6. The minimum absolute atomic E-state index is 0.0807. The number of allylic oxidation sites excluding steroid dienone is 14. The maximum Gasteiger partial charge on any atom is 0.306 e. The SMILES string of the molecule is CC/C=C\C/C=C\C/C=C\C/C=C\C/C=C\C/C=C\CCCCCCCCCCC(=O)OCC(COC(=O)CCCCCCC/C=C\CCC)OC(=O)CCCCCCCCCCCCCCCCCCCCCCC. The second kappa shape index (κ2) is 64.1. The van der Waals surface area contributed by atoms with Gasteiger partial charge in [-0.15, -0.1) is 0 Å². The van der Waals surface area contributed by atoms with Crippen molar-refractivity contribution in [3.8, 4) is 0 Å². The van der Waals surface area contributed by atoms with Crippen LogP contribution in [0.2, 0.25) is 0 Å². The average molecular weight is 1060 g/mol. The smallest absolute Gasteiger partial charge is 0.306 e. The summed E-state index contributed by atoms with van der Waals surface area (Å²) in [6, 6.07) is 0. The van der Waals surface area contributed by atoms with Crippen LogP contribution in [0, 0.1) is 0 Å². The molecular formula is C70H122O6. The zero-order chi connectivity index (χ0) is 55.0. The number of carbonyl (C=O) groups excluding carboxylic acids is 3. The van der Waals surface area contributed by atoms with Crippen molar-refractivity contribution < 1.29 is 28.6 Å². The van der Waals surface area contributed by atoms with Gasteiger partial charge < -0.3 is 14.2 Å². The second-order valence-corrected chi connectivity index (χ2v) is 21.6. The van der Waals surface area contributed by atoms with E-state index in [1.165, 1.54) is 167 Å². The fourth-order valence-electron chi connectivity index (χ4n) is 9.27. The molecule has 1 atom stereocenters. The molecule has 438 valence electrons. The van der Waals surface area contributed by atoms with Crippen molar-refractivity contribution in [3.63, 3.8) is 0 Å². The average Bonchev–Trinajstić information content (AvgIpc) is 3.42. The standard InChI is InChI=1S/C70H122O6/c1-4-7-10-13-16-19-22-24-26-28-30-32-33-34-35-36-37-39-40-42-44-46-48-51-54-57-60-63-69(72)75-66-67(65-74-68(71)62-59-56-53-50-21-18-15-12-9-6-3)76-70(73)64-61-58-55-52-49-47-45-43-41-38-31-29-27-25-23-20-17-14-11-8-5-2/h7,10,12,15-16,19,24,26,30,32,34-35,37,39,67H,4-6,8-9,11,13-14,17-18,20-23,25,27-29,31,33,36,38,40-66H2,1-3H3/b10-7-,15-12-,19-16-,26-24-,32-30-,35-34-,39-37-. The highest BCUT2D eigenvalue weighted by atomic mass is 16.6. The van der Waals surface area contributed by atoms with E-state index >= 15 is 0 Å². The van der Waals surface area contributed by atoms with Gasteiger partial charge in [-0.2, -0.15) is 0 Å². The molecule has 0 spiro atoms. The zero-order valence-corrected chi connectivity index (χ0v) is 50.3. The van der Waals surface area contributed by atoms with Gasteiger partial charge in [0, 0.05) is 19.3 Å². The molecule has 0 saturated carbocycles. The summed E-state index contributed by atoms with van der Waals surface area (Å²) in [5.41, 5.74) is 0. The minimum atomic E-state index is -0.782. The van der Waals surface area contributed by atoms with Crippen LogP contribution in [0.15, 0.2) is 85.1 Å². The van der Waals surface area contributed by atoms with Gasteiger partial charge in [-0.1, -0.05) is 298 Å². The summed E-state index contributed by atoms with van der Waals surface area (Å²) >= 11 is 0. The quantitative estimate of drug-likeness (QED) is 0.0261. The van der Waals surface area contributed by atoms with Crippen LogP contribution in [-0.4, -0.2) is 37.2 Å². The molecule has 0 aromatic rings. The molecule has 0 aliphatic rings. The van der Waals surface area contributed by atoms with E-state index in [0.29, 0.717) is 19.3 Å². The summed E-state index contributed by atoms with van der Waals surface area (Å²) in [7, 11) is 0. The summed E-state index contributed by atoms with van der Waals surface area (Å²) in [6.45, 7) is 6.49. The van der Waals surface area contributed by atoms with Gasteiger partial charge in [-0.05, 0) is 89.9 Å². The van der Waals surface area contributed by atoms with Gasteiger partial charge in [0.1, 0.15) is 13.2 Å². The van der Waals surface area contributed by atoms with Crippen LogP contribution in [0.4, 0.5) is 0 Å². The molecule has 0 heterocycles. The van der Waals surface area contributed by atoms with E-state index in [-0.39, 0.29) is 31.1 Å². The van der Waals surface area contributed by atoms with E-state index in [1.54, 1.807) is 0 Å². The fraction of sp³-hybridized carbons (Fsp3) is 0.757. The van der Waals surface area contributed by atoms with Gasteiger partial charge in [-0.25, -0.2) is 0 Å². The zero-order valence-electron chi connectivity index (χ0n) is 50.3. The van der Waals surface area contributed by atoms with Crippen molar-refractivity contribution in [2.24, 2.45) is 0 Å². The van der Waals surface area contributed by atoms with Crippen LogP contribution in [-0.2, 0) is 28.6 Å². The number of esters is 3. The Bertz CT molecular complexity index is 1450. The van der Waals surface area contributed by atoms with Gasteiger partial charge >= 0.3 is 17.9 Å². The summed E-state index contributed by atoms with van der Waals surface area (Å²) < 4.78 is 16.9. The lowest BCUT2D eigenvalue weighted by molar-refractivity contribution is -0.167. The molecule has 0 aliphatic heterocycles. The molecule has 0 rings (SSSR count). The predicted octanol–water partition coefficient (Wildman–Crippen LogP) is 22.3. The summed E-state index contributed by atoms with van der Waals surface area (Å²) in [5, 5.41) is 0. The maximum absolute atomic E-state index is 12.9. The number of unbranched alkanes of at least 4 members (excludes halogenated alkanes) is 34. The Labute approximate surface area is 471 Å². The first-order valence-corrected chi connectivity index (χ1v) is 32.6. The minimum Gasteiger partial charge on any atom is -0.462 e. The van der Waals surface area contributed by atoms with E-state index < -0.39 is 6.10 Å². The Morgan fingerprint density at radius 2 is 0.539 bits per heavy atom. The topological polar surface area (TPSA) is 78.9 Å². The molecule has 0 bridgehead atoms. The monoisotopic (exact) mass is 1060 g/mol. The molecule has 0 aliphatic carbocycles. The van der Waals surface area contributed by atoms with E-state index in [9.17, 15) is 14.4 Å². The van der Waals surface area contributed by atoms with Crippen LogP contribution in [0.1, 0.15) is 323 Å². The third-order valence-electron chi connectivity index (χ3n) is 14.1. The Balaban J connectivity index is 4.24. The fourth-order valence-corrected chi connectivity index (χ4v) is 9.27. The molecule has 1 unspecified atom stereocenters. The van der Waals surface area contributed by atoms with Crippen LogP contribution in [0.25, 0.3) is 0 Å². The summed E-state index contributed by atoms with van der Waals surface area (Å²) in [5.74, 6) is -0.885. The molecule has 0 radical (unpaired) electrons. The van der Waals surface area contributed by atoms with Crippen LogP contribution in [0.3, 0.4) is 0 Å². The van der Waals surface area contributed by atoms with Crippen molar-refractivity contribution in [1.29, 1.82) is 0 Å². The van der Waals surface area contributed by atoms with Crippen molar-refractivity contribution in [2.45, 2.75) is 329 Å². The highest BCUT2D eigenvalue weighted by molar-refractivity contribution is 5.71. The molecule has 6 heteroatoms. The number of hydrogen-bond donors (Lipinski definition) is 0. The Kier molecular flexibility index (Phi) is 61.2. The van der Waals surface area contributed by atoms with Gasteiger partial charge in [0.25, 0.3) is 0 Å². The largest absolute Gasteiger partial charge is 0.462 e. The first-order chi connectivity index (χ1) is 37.5. The third kappa shape index (κ3) is 61.4. The summed E-state index contributed by atoms with van der Waals surface area (Å²) in [4.78, 5) is 38.2. The van der Waals surface area contributed by atoms with E-state index in [2.05, 4.69) is 106 Å². The molecule has 0 aromatic carbocycles.